The molecule has 2 fully saturated rings. The molecular formula is C21H18N2O. The molecule has 6 rings (SSSR count). The smallest absolute Gasteiger partial charge is 0.247 e. The number of hydrazone groups is 1. The van der Waals surface area contributed by atoms with Crippen molar-refractivity contribution in [3.8, 4) is 11.1 Å². The lowest BCUT2D eigenvalue weighted by molar-refractivity contribution is -0.572. The Labute approximate surface area is 141 Å². The number of nitrogens with zero attached hydrogens (tertiary/aromatic N) is 2. The Hall–Kier alpha value is -2.42. The highest BCUT2D eigenvalue weighted by Crippen LogP contribution is 2.52. The van der Waals surface area contributed by atoms with Crippen LogP contribution in [0.3, 0.4) is 0 Å². The van der Waals surface area contributed by atoms with Gasteiger partial charge in [-0.15, -0.1) is 0 Å². The van der Waals surface area contributed by atoms with E-state index < -0.39 is 0 Å². The third kappa shape index (κ3) is 1.44. The van der Waals surface area contributed by atoms with E-state index in [0.29, 0.717) is 11.8 Å². The molecule has 0 saturated heterocycles. The monoisotopic (exact) mass is 314 g/mol. The maximum Gasteiger partial charge on any atom is 0.247 e. The lowest BCUT2D eigenvalue weighted by Crippen LogP contribution is -2.39. The molecule has 1 heterocycles. The molecular weight excluding hydrogens is 296 g/mol. The molecule has 1 aliphatic heterocycles. The van der Waals surface area contributed by atoms with Gasteiger partial charge in [0.1, 0.15) is 0 Å². The van der Waals surface area contributed by atoms with Gasteiger partial charge < -0.3 is 5.11 Å². The van der Waals surface area contributed by atoms with Gasteiger partial charge in [-0.2, -0.15) is 0 Å². The maximum absolute atomic E-state index is 12.6. The van der Waals surface area contributed by atoms with E-state index in [1.54, 1.807) is 0 Å². The van der Waals surface area contributed by atoms with Crippen LogP contribution in [-0.4, -0.2) is 22.3 Å². The molecule has 0 amide bonds. The predicted molar refractivity (Wildman–Crippen MR) is 90.9 cm³/mol. The third-order valence-corrected chi connectivity index (χ3v) is 6.53. The molecule has 2 saturated carbocycles. The van der Waals surface area contributed by atoms with Crippen molar-refractivity contribution >= 4 is 11.6 Å². The minimum Gasteiger partial charge on any atom is -0.857 e. The SMILES string of the molecule is [O-]C1=N[N+](=C2c3ccccc3-c3ccccc32)C2C3CCC(C3)C12. The van der Waals surface area contributed by atoms with Gasteiger partial charge in [-0.1, -0.05) is 41.1 Å². The Morgan fingerprint density at radius 1 is 0.833 bits per heavy atom. The number of benzene rings is 2. The lowest BCUT2D eigenvalue weighted by atomic mass is 9.85. The van der Waals surface area contributed by atoms with Crippen LogP contribution < -0.4 is 5.11 Å². The first kappa shape index (κ1) is 12.9. The second-order valence-corrected chi connectivity index (χ2v) is 7.57. The zero-order valence-electron chi connectivity index (χ0n) is 13.4. The van der Waals surface area contributed by atoms with Gasteiger partial charge >= 0.3 is 0 Å². The average Bonchev–Trinajstić information content (AvgIpc) is 3.35. The van der Waals surface area contributed by atoms with E-state index in [1.807, 2.05) is 0 Å². The van der Waals surface area contributed by atoms with Gasteiger partial charge in [-0.3, -0.25) is 0 Å². The number of hydrogen-bond donors (Lipinski definition) is 0. The van der Waals surface area contributed by atoms with Crippen molar-refractivity contribution in [2.45, 2.75) is 25.3 Å². The van der Waals surface area contributed by atoms with Crippen LogP contribution >= 0.6 is 0 Å². The molecule has 0 spiro atoms. The van der Waals surface area contributed by atoms with Crippen molar-refractivity contribution in [2.24, 2.45) is 22.9 Å². The molecule has 2 aromatic carbocycles. The zero-order chi connectivity index (χ0) is 15.8. The summed E-state index contributed by atoms with van der Waals surface area (Å²) in [5.74, 6) is 1.44. The van der Waals surface area contributed by atoms with Gasteiger partial charge in [0.15, 0.2) is 6.04 Å². The Kier molecular flexibility index (Phi) is 2.35. The summed E-state index contributed by atoms with van der Waals surface area (Å²) in [6.07, 6.45) is 3.68. The fourth-order valence-electron chi connectivity index (χ4n) is 5.64. The van der Waals surface area contributed by atoms with Crippen molar-refractivity contribution in [2.75, 3.05) is 0 Å². The maximum atomic E-state index is 12.6. The van der Waals surface area contributed by atoms with Gasteiger partial charge in [0.05, 0.1) is 17.0 Å². The van der Waals surface area contributed by atoms with E-state index in [0.717, 1.165) is 5.71 Å². The Bertz CT molecular complexity index is 895. The second kappa shape index (κ2) is 4.35. The van der Waals surface area contributed by atoms with Gasteiger partial charge in [-0.05, 0) is 53.5 Å². The van der Waals surface area contributed by atoms with Crippen LogP contribution in [0.4, 0.5) is 0 Å². The fraction of sp³-hybridized carbons (Fsp3) is 0.333. The lowest BCUT2D eigenvalue weighted by Gasteiger charge is -2.22. The summed E-state index contributed by atoms with van der Waals surface area (Å²) in [6, 6.07) is 17.3. The predicted octanol–water partition coefficient (Wildman–Crippen LogP) is 2.62. The van der Waals surface area contributed by atoms with E-state index in [4.69, 9.17) is 0 Å². The van der Waals surface area contributed by atoms with Gasteiger partial charge in [0, 0.05) is 11.8 Å². The molecule has 118 valence electrons. The highest BCUT2D eigenvalue weighted by molar-refractivity contribution is 6.22. The van der Waals surface area contributed by atoms with Crippen LogP contribution in [0.25, 0.3) is 11.1 Å². The zero-order valence-corrected chi connectivity index (χ0v) is 13.4. The Morgan fingerprint density at radius 2 is 1.42 bits per heavy atom. The molecule has 4 atom stereocenters. The largest absolute Gasteiger partial charge is 0.857 e. The minimum atomic E-state index is 0.113. The summed E-state index contributed by atoms with van der Waals surface area (Å²) in [6.45, 7) is 0. The average molecular weight is 314 g/mol. The molecule has 0 N–H and O–H groups in total. The first-order chi connectivity index (χ1) is 11.8. The minimum absolute atomic E-state index is 0.113. The van der Waals surface area contributed by atoms with Crippen LogP contribution in [-0.2, 0) is 0 Å². The van der Waals surface area contributed by atoms with Crippen molar-refractivity contribution in [1.29, 1.82) is 0 Å². The van der Waals surface area contributed by atoms with Crippen molar-refractivity contribution < 1.29 is 9.79 Å². The van der Waals surface area contributed by atoms with Crippen molar-refractivity contribution in [1.82, 2.24) is 0 Å². The summed E-state index contributed by atoms with van der Waals surface area (Å²) in [5, 5.41) is 17.2. The van der Waals surface area contributed by atoms with E-state index in [2.05, 4.69) is 58.3 Å². The van der Waals surface area contributed by atoms with Gasteiger partial charge in [-0.25, -0.2) is 0 Å². The number of hydrogen-bond acceptors (Lipinski definition) is 2. The van der Waals surface area contributed by atoms with E-state index in [1.165, 1.54) is 41.5 Å². The summed E-state index contributed by atoms with van der Waals surface area (Å²) in [7, 11) is 0. The summed E-state index contributed by atoms with van der Waals surface area (Å²) in [5.41, 5.74) is 6.11. The van der Waals surface area contributed by atoms with Gasteiger partial charge in [0.2, 0.25) is 5.71 Å². The highest BCUT2D eigenvalue weighted by atomic mass is 16.3. The molecule has 4 aliphatic rings. The van der Waals surface area contributed by atoms with Crippen molar-refractivity contribution in [3.63, 3.8) is 0 Å². The molecule has 2 bridgehead atoms. The number of rotatable bonds is 0. The Balaban J connectivity index is 1.66. The molecule has 4 unspecified atom stereocenters. The van der Waals surface area contributed by atoms with E-state index in [-0.39, 0.29) is 17.9 Å². The quantitative estimate of drug-likeness (QED) is 0.588. The molecule has 24 heavy (non-hydrogen) atoms. The third-order valence-electron chi connectivity index (χ3n) is 6.53. The van der Waals surface area contributed by atoms with Crippen LogP contribution in [0.15, 0.2) is 53.6 Å². The molecule has 2 aromatic rings. The van der Waals surface area contributed by atoms with Crippen LogP contribution in [0.1, 0.15) is 30.4 Å². The Morgan fingerprint density at radius 3 is 2.08 bits per heavy atom. The molecule has 3 heteroatoms. The second-order valence-electron chi connectivity index (χ2n) is 7.57. The molecule has 3 nitrogen and oxygen atoms in total. The fourth-order valence-corrected chi connectivity index (χ4v) is 5.64. The topological polar surface area (TPSA) is 38.4 Å². The van der Waals surface area contributed by atoms with Crippen molar-refractivity contribution in [3.05, 3.63) is 59.7 Å². The standard InChI is InChI=1S/C21H18N2O/c24-21-18-12-9-10-13(11-12)19(18)23(22-21)20-16-7-3-1-5-14(16)15-6-2-4-8-17(15)20/h1-8,12-13,18-19H,9-11H2. The number of fused-ring (bicyclic) bond motifs is 8. The summed E-state index contributed by atoms with van der Waals surface area (Å²) < 4.78 is 2.11. The molecule has 0 radical (unpaired) electrons. The van der Waals surface area contributed by atoms with E-state index in [9.17, 15) is 5.11 Å². The van der Waals surface area contributed by atoms with Crippen LogP contribution in [0, 0.1) is 17.8 Å². The first-order valence-electron chi connectivity index (χ1n) is 8.94. The molecule has 3 aliphatic carbocycles. The molecule has 0 aromatic heterocycles. The van der Waals surface area contributed by atoms with Crippen LogP contribution in [0.2, 0.25) is 0 Å². The highest BCUT2D eigenvalue weighted by Gasteiger charge is 2.58. The van der Waals surface area contributed by atoms with E-state index >= 15 is 0 Å². The first-order valence-corrected chi connectivity index (χ1v) is 8.94. The normalized spacial score (nSPS) is 31.9. The van der Waals surface area contributed by atoms with Gasteiger partial charge in [0.25, 0.3) is 0 Å². The van der Waals surface area contributed by atoms with Crippen LogP contribution in [0.5, 0.6) is 0 Å². The summed E-state index contributed by atoms with van der Waals surface area (Å²) >= 11 is 0. The summed E-state index contributed by atoms with van der Waals surface area (Å²) in [4.78, 5) is 0.